The second kappa shape index (κ2) is 6.90. The minimum absolute atomic E-state index is 0.0188. The third-order valence-corrected chi connectivity index (χ3v) is 4.61. The smallest absolute Gasteiger partial charge is 0.269 e. The van der Waals surface area contributed by atoms with Gasteiger partial charge in [-0.2, -0.15) is 0 Å². The Balaban J connectivity index is 1.70. The maximum atomic E-state index is 12.7. The van der Waals surface area contributed by atoms with Gasteiger partial charge in [0.15, 0.2) is 0 Å². The number of benzene rings is 1. The number of aromatic nitrogens is 2. The van der Waals surface area contributed by atoms with E-state index >= 15 is 0 Å². The maximum absolute atomic E-state index is 12.7. The number of piperazine rings is 1. The van der Waals surface area contributed by atoms with Crippen LogP contribution in [0.3, 0.4) is 0 Å². The monoisotopic (exact) mass is 356 g/mol. The highest BCUT2D eigenvalue weighted by molar-refractivity contribution is 5.83. The SMILES string of the molecule is CC(C)(C)C(=O)N1CCN(C(=O)Cn2c(=O)cnc3ccccc32)CC1. The van der Waals surface area contributed by atoms with Gasteiger partial charge in [-0.15, -0.1) is 0 Å². The summed E-state index contributed by atoms with van der Waals surface area (Å²) in [6.07, 6.45) is 1.25. The maximum Gasteiger partial charge on any atom is 0.269 e. The average molecular weight is 356 g/mol. The summed E-state index contributed by atoms with van der Waals surface area (Å²) >= 11 is 0. The highest BCUT2D eigenvalue weighted by Gasteiger charge is 2.30. The molecule has 1 aliphatic rings. The Hall–Kier alpha value is -2.70. The van der Waals surface area contributed by atoms with Crippen molar-refractivity contribution < 1.29 is 9.59 Å². The Morgan fingerprint density at radius 1 is 1.04 bits per heavy atom. The van der Waals surface area contributed by atoms with E-state index in [9.17, 15) is 14.4 Å². The molecule has 1 aliphatic heterocycles. The molecule has 7 nitrogen and oxygen atoms in total. The summed E-state index contributed by atoms with van der Waals surface area (Å²) in [4.78, 5) is 44.8. The molecule has 0 spiro atoms. The quantitative estimate of drug-likeness (QED) is 0.808. The zero-order valence-electron chi connectivity index (χ0n) is 15.4. The second-order valence-electron chi connectivity index (χ2n) is 7.59. The molecule has 0 atom stereocenters. The molecule has 0 bridgehead atoms. The summed E-state index contributed by atoms with van der Waals surface area (Å²) in [6.45, 7) is 7.68. The molecule has 3 rings (SSSR count). The largest absolute Gasteiger partial charge is 0.339 e. The summed E-state index contributed by atoms with van der Waals surface area (Å²) in [5, 5.41) is 0. The van der Waals surface area contributed by atoms with Gasteiger partial charge in [0.1, 0.15) is 6.54 Å². The zero-order chi connectivity index (χ0) is 18.9. The van der Waals surface area contributed by atoms with Gasteiger partial charge in [0.05, 0.1) is 17.2 Å². The number of rotatable bonds is 2. The van der Waals surface area contributed by atoms with Crippen LogP contribution in [0.25, 0.3) is 11.0 Å². The molecule has 2 aromatic rings. The van der Waals surface area contributed by atoms with Crippen LogP contribution in [0.4, 0.5) is 0 Å². The first-order valence-electron chi connectivity index (χ1n) is 8.79. The molecule has 1 aromatic carbocycles. The molecule has 1 aromatic heterocycles. The minimum Gasteiger partial charge on any atom is -0.339 e. The summed E-state index contributed by atoms with van der Waals surface area (Å²) in [5.41, 5.74) is 0.615. The molecule has 2 heterocycles. The van der Waals surface area contributed by atoms with Crippen LogP contribution >= 0.6 is 0 Å². The first kappa shape index (κ1) is 18.1. The van der Waals surface area contributed by atoms with Crippen LogP contribution in [0.2, 0.25) is 0 Å². The molecule has 0 saturated carbocycles. The Labute approximate surface area is 152 Å². The minimum atomic E-state index is -0.421. The molecule has 26 heavy (non-hydrogen) atoms. The van der Waals surface area contributed by atoms with Crippen LogP contribution in [-0.2, 0) is 16.1 Å². The second-order valence-corrected chi connectivity index (χ2v) is 7.59. The highest BCUT2D eigenvalue weighted by atomic mass is 16.2. The first-order chi connectivity index (χ1) is 12.3. The van der Waals surface area contributed by atoms with Crippen molar-refractivity contribution in [2.75, 3.05) is 26.2 Å². The molecule has 0 N–H and O–H groups in total. The number of carbonyl (C=O) groups excluding carboxylic acids is 2. The Kier molecular flexibility index (Phi) is 4.80. The van der Waals surface area contributed by atoms with Gasteiger partial charge in [0.25, 0.3) is 5.56 Å². The average Bonchev–Trinajstić information content (AvgIpc) is 2.62. The van der Waals surface area contributed by atoms with E-state index in [1.807, 2.05) is 39.0 Å². The van der Waals surface area contributed by atoms with Crippen molar-refractivity contribution >= 4 is 22.8 Å². The van der Waals surface area contributed by atoms with Gasteiger partial charge in [-0.3, -0.25) is 19.0 Å². The molecule has 1 fully saturated rings. The standard InChI is InChI=1S/C19H24N4O3/c1-19(2,3)18(26)22-10-8-21(9-11-22)17(25)13-23-15-7-5-4-6-14(15)20-12-16(23)24/h4-7,12H,8-11,13H2,1-3H3. The van der Waals surface area contributed by atoms with Crippen molar-refractivity contribution in [1.29, 1.82) is 0 Å². The zero-order valence-corrected chi connectivity index (χ0v) is 15.4. The summed E-state index contributed by atoms with van der Waals surface area (Å²) < 4.78 is 1.46. The fraction of sp³-hybridized carbons (Fsp3) is 0.474. The molecule has 0 aliphatic carbocycles. The topological polar surface area (TPSA) is 75.5 Å². The van der Waals surface area contributed by atoms with E-state index in [1.54, 1.807) is 15.9 Å². The van der Waals surface area contributed by atoms with Crippen LogP contribution in [0.15, 0.2) is 35.3 Å². The van der Waals surface area contributed by atoms with Crippen molar-refractivity contribution in [2.45, 2.75) is 27.3 Å². The number of fused-ring (bicyclic) bond motifs is 1. The van der Waals surface area contributed by atoms with Gasteiger partial charge in [0.2, 0.25) is 11.8 Å². The van der Waals surface area contributed by atoms with Crippen molar-refractivity contribution in [3.63, 3.8) is 0 Å². The normalized spacial score (nSPS) is 15.3. The van der Waals surface area contributed by atoms with Crippen molar-refractivity contribution in [2.24, 2.45) is 5.41 Å². The third kappa shape index (κ3) is 3.61. The molecular weight excluding hydrogens is 332 g/mol. The van der Waals surface area contributed by atoms with Gasteiger partial charge >= 0.3 is 0 Å². The van der Waals surface area contributed by atoms with Crippen molar-refractivity contribution in [1.82, 2.24) is 19.4 Å². The molecule has 2 amide bonds. The van der Waals surface area contributed by atoms with E-state index < -0.39 is 5.41 Å². The summed E-state index contributed by atoms with van der Waals surface area (Å²) in [5.74, 6) is -0.0211. The number of hydrogen-bond donors (Lipinski definition) is 0. The fourth-order valence-electron chi connectivity index (χ4n) is 3.15. The summed E-state index contributed by atoms with van der Waals surface area (Å²) in [7, 11) is 0. The van der Waals surface area contributed by atoms with E-state index in [1.165, 1.54) is 10.8 Å². The van der Waals surface area contributed by atoms with Crippen molar-refractivity contribution in [3.8, 4) is 0 Å². The lowest BCUT2D eigenvalue weighted by atomic mass is 9.94. The van der Waals surface area contributed by atoms with Gasteiger partial charge in [-0.05, 0) is 12.1 Å². The van der Waals surface area contributed by atoms with Crippen LogP contribution in [-0.4, -0.2) is 57.3 Å². The van der Waals surface area contributed by atoms with Gasteiger partial charge < -0.3 is 9.80 Å². The number of para-hydroxylation sites is 2. The van der Waals surface area contributed by atoms with Gasteiger partial charge in [-0.25, -0.2) is 4.98 Å². The fourth-order valence-corrected chi connectivity index (χ4v) is 3.15. The lowest BCUT2D eigenvalue weighted by Crippen LogP contribution is -2.53. The van der Waals surface area contributed by atoms with Crippen molar-refractivity contribution in [3.05, 3.63) is 40.8 Å². The van der Waals surface area contributed by atoms with E-state index in [0.717, 1.165) is 0 Å². The number of hydrogen-bond acceptors (Lipinski definition) is 4. The number of amides is 2. The van der Waals surface area contributed by atoms with E-state index in [4.69, 9.17) is 0 Å². The van der Waals surface area contributed by atoms with E-state index in [0.29, 0.717) is 37.2 Å². The van der Waals surface area contributed by atoms with Gasteiger partial charge in [-0.1, -0.05) is 32.9 Å². The predicted molar refractivity (Wildman–Crippen MR) is 98.6 cm³/mol. The van der Waals surface area contributed by atoms with Crippen LogP contribution < -0.4 is 5.56 Å². The lowest BCUT2D eigenvalue weighted by molar-refractivity contribution is -0.145. The van der Waals surface area contributed by atoms with Gasteiger partial charge in [0, 0.05) is 31.6 Å². The Morgan fingerprint density at radius 2 is 1.65 bits per heavy atom. The van der Waals surface area contributed by atoms with E-state index in [-0.39, 0.29) is 23.9 Å². The number of nitrogens with zero attached hydrogens (tertiary/aromatic N) is 4. The molecule has 0 unspecified atom stereocenters. The molecular formula is C19H24N4O3. The van der Waals surface area contributed by atoms with Crippen LogP contribution in [0.1, 0.15) is 20.8 Å². The van der Waals surface area contributed by atoms with E-state index in [2.05, 4.69) is 4.98 Å². The molecule has 138 valence electrons. The Morgan fingerprint density at radius 3 is 2.31 bits per heavy atom. The molecule has 7 heteroatoms. The highest BCUT2D eigenvalue weighted by Crippen LogP contribution is 2.18. The summed E-state index contributed by atoms with van der Waals surface area (Å²) in [6, 6.07) is 7.27. The predicted octanol–water partition coefficient (Wildman–Crippen LogP) is 1.11. The third-order valence-electron chi connectivity index (χ3n) is 4.61. The molecule has 0 radical (unpaired) electrons. The Bertz CT molecular complexity index is 890. The lowest BCUT2D eigenvalue weighted by Gasteiger charge is -2.37. The first-order valence-corrected chi connectivity index (χ1v) is 8.79. The molecule has 1 saturated heterocycles. The van der Waals surface area contributed by atoms with Crippen LogP contribution in [0.5, 0.6) is 0 Å². The number of carbonyl (C=O) groups is 2. The van der Waals surface area contributed by atoms with Crippen LogP contribution in [0, 0.1) is 5.41 Å².